The van der Waals surface area contributed by atoms with E-state index in [4.69, 9.17) is 14.2 Å². The van der Waals surface area contributed by atoms with Crippen molar-refractivity contribution in [2.24, 2.45) is 0 Å². The molecule has 0 bridgehead atoms. The van der Waals surface area contributed by atoms with Crippen molar-refractivity contribution in [3.05, 3.63) is 47.5 Å². The Morgan fingerprint density at radius 2 is 1.74 bits per heavy atom. The predicted molar refractivity (Wildman–Crippen MR) is 86.9 cm³/mol. The number of hydrogen-bond donors (Lipinski definition) is 1. The summed E-state index contributed by atoms with van der Waals surface area (Å²) in [5.74, 6) is 1.16. The quantitative estimate of drug-likeness (QED) is 0.794. The van der Waals surface area contributed by atoms with Crippen LogP contribution < -0.4 is 14.2 Å². The zero-order valence-electron chi connectivity index (χ0n) is 13.5. The van der Waals surface area contributed by atoms with Gasteiger partial charge in [-0.25, -0.2) is 0 Å². The van der Waals surface area contributed by atoms with Crippen molar-refractivity contribution < 1.29 is 24.1 Å². The van der Waals surface area contributed by atoms with E-state index in [2.05, 4.69) is 0 Å². The summed E-state index contributed by atoms with van der Waals surface area (Å²) >= 11 is 0. The molecule has 0 unspecified atom stereocenters. The van der Waals surface area contributed by atoms with Crippen LogP contribution in [-0.4, -0.2) is 32.2 Å². The first-order valence-corrected chi connectivity index (χ1v) is 7.20. The molecule has 2 aromatic rings. The lowest BCUT2D eigenvalue weighted by Crippen LogP contribution is -2.05. The van der Waals surface area contributed by atoms with Crippen LogP contribution in [0.2, 0.25) is 0 Å². The van der Waals surface area contributed by atoms with Crippen LogP contribution in [-0.2, 0) is 6.42 Å². The molecule has 0 aliphatic heterocycles. The third-order valence-electron chi connectivity index (χ3n) is 3.56. The van der Waals surface area contributed by atoms with Crippen LogP contribution in [0.4, 0.5) is 0 Å². The Hall–Kier alpha value is -2.69. The molecule has 0 amide bonds. The summed E-state index contributed by atoms with van der Waals surface area (Å²) in [6, 6.07) is 10.5. The van der Waals surface area contributed by atoms with E-state index in [9.17, 15) is 9.90 Å². The van der Waals surface area contributed by atoms with Crippen LogP contribution in [0, 0.1) is 0 Å². The average molecular weight is 316 g/mol. The van der Waals surface area contributed by atoms with E-state index in [0.717, 1.165) is 11.3 Å². The zero-order chi connectivity index (χ0) is 16.8. The molecule has 5 nitrogen and oxygen atoms in total. The maximum atomic E-state index is 12.5. The maximum absolute atomic E-state index is 12.5. The first-order chi connectivity index (χ1) is 11.1. The molecule has 1 N–H and O–H groups in total. The maximum Gasteiger partial charge on any atom is 0.170 e. The van der Waals surface area contributed by atoms with Crippen molar-refractivity contribution >= 4 is 5.78 Å². The number of Topliss-reactive ketones (excluding diaryl/α,β-unsaturated/α-hetero) is 1. The van der Waals surface area contributed by atoms with Crippen molar-refractivity contribution in [2.75, 3.05) is 21.3 Å². The number of phenols is 1. The lowest BCUT2D eigenvalue weighted by molar-refractivity contribution is 0.0977. The Morgan fingerprint density at radius 3 is 2.39 bits per heavy atom. The predicted octanol–water partition coefficient (Wildman–Crippen LogP) is 3.23. The molecule has 23 heavy (non-hydrogen) atoms. The van der Waals surface area contributed by atoms with E-state index in [1.807, 2.05) is 24.3 Å². The van der Waals surface area contributed by atoms with Gasteiger partial charge in [0.1, 0.15) is 28.6 Å². The number of carbonyl (C=O) groups is 1. The summed E-state index contributed by atoms with van der Waals surface area (Å²) in [6.45, 7) is 0. The highest BCUT2D eigenvalue weighted by Gasteiger charge is 2.19. The van der Waals surface area contributed by atoms with Crippen LogP contribution in [0.15, 0.2) is 36.4 Å². The first kappa shape index (κ1) is 16.7. The van der Waals surface area contributed by atoms with Gasteiger partial charge in [0.05, 0.1) is 21.3 Å². The number of ether oxygens (including phenoxy) is 3. The summed E-state index contributed by atoms with van der Waals surface area (Å²) in [5.41, 5.74) is 1.17. The second-order valence-corrected chi connectivity index (χ2v) is 5.00. The molecule has 0 saturated heterocycles. The second kappa shape index (κ2) is 7.54. The zero-order valence-corrected chi connectivity index (χ0v) is 13.5. The van der Waals surface area contributed by atoms with E-state index in [0.29, 0.717) is 17.9 Å². The number of benzene rings is 2. The van der Waals surface area contributed by atoms with Gasteiger partial charge in [-0.3, -0.25) is 4.79 Å². The van der Waals surface area contributed by atoms with Crippen molar-refractivity contribution in [1.82, 2.24) is 0 Å². The fourth-order valence-electron chi connectivity index (χ4n) is 2.35. The number of methoxy groups -OCH3 is 3. The van der Waals surface area contributed by atoms with E-state index >= 15 is 0 Å². The molecule has 0 heterocycles. The monoisotopic (exact) mass is 316 g/mol. The minimum atomic E-state index is -0.190. The molecular formula is C18H20O5. The lowest BCUT2D eigenvalue weighted by atomic mass is 10.0. The number of phenolic OH excluding ortho intramolecular Hbond substituents is 1. The number of aryl methyl sites for hydroxylation is 1. The fourth-order valence-corrected chi connectivity index (χ4v) is 2.35. The van der Waals surface area contributed by atoms with E-state index in [1.54, 1.807) is 13.2 Å². The summed E-state index contributed by atoms with van der Waals surface area (Å²) < 4.78 is 15.4. The van der Waals surface area contributed by atoms with Gasteiger partial charge in [0.2, 0.25) is 0 Å². The van der Waals surface area contributed by atoms with Crippen molar-refractivity contribution in [3.63, 3.8) is 0 Å². The minimum Gasteiger partial charge on any atom is -0.507 e. The molecular weight excluding hydrogens is 296 g/mol. The summed E-state index contributed by atoms with van der Waals surface area (Å²) in [4.78, 5) is 12.5. The molecule has 0 atom stereocenters. The van der Waals surface area contributed by atoms with E-state index in [-0.39, 0.29) is 23.5 Å². The van der Waals surface area contributed by atoms with Crippen molar-refractivity contribution in [3.8, 4) is 23.0 Å². The SMILES string of the molecule is COc1cccc(CCC(=O)c2c(O)cc(OC)cc2OC)c1. The van der Waals surface area contributed by atoms with Gasteiger partial charge in [-0.2, -0.15) is 0 Å². The number of hydrogen-bond acceptors (Lipinski definition) is 5. The molecule has 0 aromatic heterocycles. The summed E-state index contributed by atoms with van der Waals surface area (Å²) in [7, 11) is 4.54. The third-order valence-corrected chi connectivity index (χ3v) is 3.56. The molecule has 0 spiro atoms. The first-order valence-electron chi connectivity index (χ1n) is 7.20. The van der Waals surface area contributed by atoms with E-state index in [1.165, 1.54) is 20.3 Å². The fraction of sp³-hybridized carbons (Fsp3) is 0.278. The average Bonchev–Trinajstić information content (AvgIpc) is 2.58. The highest BCUT2D eigenvalue weighted by molar-refractivity contribution is 6.01. The van der Waals surface area contributed by atoms with Gasteiger partial charge in [-0.15, -0.1) is 0 Å². The summed E-state index contributed by atoms with van der Waals surface area (Å²) in [5, 5.41) is 10.1. The Bertz CT molecular complexity index is 694. The van der Waals surface area contributed by atoms with Crippen LogP contribution in [0.1, 0.15) is 22.3 Å². The summed E-state index contributed by atoms with van der Waals surface area (Å²) in [6.07, 6.45) is 0.800. The number of carbonyl (C=O) groups excluding carboxylic acids is 1. The normalized spacial score (nSPS) is 10.2. The molecule has 0 fully saturated rings. The largest absolute Gasteiger partial charge is 0.507 e. The van der Waals surface area contributed by atoms with Crippen LogP contribution in [0.3, 0.4) is 0 Å². The number of aromatic hydroxyl groups is 1. The Labute approximate surface area is 135 Å². The molecule has 5 heteroatoms. The second-order valence-electron chi connectivity index (χ2n) is 5.00. The number of rotatable bonds is 7. The van der Waals surface area contributed by atoms with E-state index < -0.39 is 0 Å². The molecule has 2 aromatic carbocycles. The topological polar surface area (TPSA) is 65.0 Å². The highest BCUT2D eigenvalue weighted by atomic mass is 16.5. The highest BCUT2D eigenvalue weighted by Crippen LogP contribution is 2.34. The molecule has 122 valence electrons. The Morgan fingerprint density at radius 1 is 1.00 bits per heavy atom. The van der Waals surface area contributed by atoms with Gasteiger partial charge in [0.25, 0.3) is 0 Å². The van der Waals surface area contributed by atoms with Gasteiger partial charge in [0, 0.05) is 18.6 Å². The Balaban J connectivity index is 2.17. The number of ketones is 1. The third kappa shape index (κ3) is 3.94. The molecule has 2 rings (SSSR count). The van der Waals surface area contributed by atoms with Crippen LogP contribution >= 0.6 is 0 Å². The van der Waals surface area contributed by atoms with Gasteiger partial charge in [0.15, 0.2) is 5.78 Å². The minimum absolute atomic E-state index is 0.142. The molecule has 0 radical (unpaired) electrons. The van der Waals surface area contributed by atoms with Gasteiger partial charge in [-0.05, 0) is 24.1 Å². The smallest absolute Gasteiger partial charge is 0.170 e. The standard InChI is InChI=1S/C18H20O5/c1-21-13-6-4-5-12(9-13)7-8-15(19)18-16(20)10-14(22-2)11-17(18)23-3/h4-6,9-11,20H,7-8H2,1-3H3. The molecule has 0 aliphatic rings. The van der Waals surface area contributed by atoms with Crippen LogP contribution in [0.25, 0.3) is 0 Å². The molecule has 0 saturated carbocycles. The van der Waals surface area contributed by atoms with Crippen LogP contribution in [0.5, 0.6) is 23.0 Å². The van der Waals surface area contributed by atoms with Crippen molar-refractivity contribution in [2.45, 2.75) is 12.8 Å². The van der Waals surface area contributed by atoms with Crippen molar-refractivity contribution in [1.29, 1.82) is 0 Å². The molecule has 0 aliphatic carbocycles. The van der Waals surface area contributed by atoms with Gasteiger partial charge >= 0.3 is 0 Å². The lowest BCUT2D eigenvalue weighted by Gasteiger charge is -2.12. The Kier molecular flexibility index (Phi) is 5.46. The van der Waals surface area contributed by atoms with Gasteiger partial charge < -0.3 is 19.3 Å². The van der Waals surface area contributed by atoms with Gasteiger partial charge in [-0.1, -0.05) is 12.1 Å².